The van der Waals surface area contributed by atoms with Crippen LogP contribution in [0.1, 0.15) is 42.3 Å². The molecule has 1 amide bonds. The van der Waals surface area contributed by atoms with Crippen LogP contribution in [-0.4, -0.2) is 35.9 Å². The Kier molecular flexibility index (Phi) is 5.35. The zero-order valence-corrected chi connectivity index (χ0v) is 15.9. The highest BCUT2D eigenvalue weighted by Gasteiger charge is 2.28. The fourth-order valence-corrected chi connectivity index (χ4v) is 2.62. The highest BCUT2D eigenvalue weighted by Crippen LogP contribution is 2.36. The van der Waals surface area contributed by atoms with Crippen LogP contribution < -0.4 is 14.9 Å². The molecule has 3 rings (SSSR count). The quantitative estimate of drug-likeness (QED) is 0.626. The number of rotatable bonds is 4. The number of fused-ring (bicyclic) bond motifs is 1. The van der Waals surface area contributed by atoms with Crippen molar-refractivity contribution in [2.45, 2.75) is 32.3 Å². The van der Waals surface area contributed by atoms with Crippen LogP contribution in [0.2, 0.25) is 0 Å². The molecule has 0 aromatic heterocycles. The fourth-order valence-electron chi connectivity index (χ4n) is 2.62. The second-order valence-corrected chi connectivity index (χ2v) is 7.49. The molecule has 7 heteroatoms. The lowest BCUT2D eigenvalue weighted by Crippen LogP contribution is -2.42. The largest absolute Gasteiger partial charge is 0.485 e. The molecule has 2 aromatic carbocycles. The highest BCUT2D eigenvalue weighted by atomic mass is 16.6. The second-order valence-electron chi connectivity index (χ2n) is 7.49. The number of carbonyl (C=O) groups is 2. The number of aromatic carboxylic acids is 1. The molecule has 7 nitrogen and oxygen atoms in total. The van der Waals surface area contributed by atoms with E-state index in [4.69, 9.17) is 14.6 Å². The maximum absolute atomic E-state index is 12.3. The predicted molar refractivity (Wildman–Crippen MR) is 104 cm³/mol. The molecular formula is C21H22N2O5. The van der Waals surface area contributed by atoms with Gasteiger partial charge in [0.2, 0.25) is 6.10 Å². The number of carboxylic acids is 1. The summed E-state index contributed by atoms with van der Waals surface area (Å²) in [5.74, 6) is -0.280. The number of nitrogens with zero attached hydrogens (tertiary/aromatic N) is 1. The fraction of sp³-hybridized carbons (Fsp3) is 0.286. The van der Waals surface area contributed by atoms with E-state index >= 15 is 0 Å². The molecule has 0 saturated heterocycles. The van der Waals surface area contributed by atoms with Crippen LogP contribution in [0.5, 0.6) is 11.5 Å². The summed E-state index contributed by atoms with van der Waals surface area (Å²) in [5, 5.41) is 12.8. The van der Waals surface area contributed by atoms with Gasteiger partial charge in [0.25, 0.3) is 5.91 Å². The molecule has 0 aliphatic carbocycles. The predicted octanol–water partition coefficient (Wildman–Crippen LogP) is 2.97. The van der Waals surface area contributed by atoms with Crippen LogP contribution in [0.15, 0.2) is 47.6 Å². The van der Waals surface area contributed by atoms with E-state index in [-0.39, 0.29) is 17.6 Å². The minimum atomic E-state index is -0.999. The average Bonchev–Trinajstić information content (AvgIpc) is 2.66. The number of benzene rings is 2. The number of nitrogens with one attached hydrogen (secondary N) is 1. The van der Waals surface area contributed by atoms with Crippen molar-refractivity contribution < 1.29 is 24.2 Å². The van der Waals surface area contributed by atoms with Gasteiger partial charge in [0.1, 0.15) is 6.61 Å². The molecule has 28 heavy (non-hydrogen) atoms. The van der Waals surface area contributed by atoms with Gasteiger partial charge < -0.3 is 14.6 Å². The first kappa shape index (κ1) is 19.4. The molecule has 1 heterocycles. The number of hydrogen-bond acceptors (Lipinski definition) is 5. The first-order valence-corrected chi connectivity index (χ1v) is 8.84. The van der Waals surface area contributed by atoms with Crippen LogP contribution in [0.3, 0.4) is 0 Å². The maximum Gasteiger partial charge on any atom is 0.335 e. The molecule has 0 fully saturated rings. The number of amides is 1. The zero-order chi connectivity index (χ0) is 20.3. The van der Waals surface area contributed by atoms with Crippen molar-refractivity contribution in [1.82, 2.24) is 5.43 Å². The molecule has 0 bridgehead atoms. The van der Waals surface area contributed by atoms with E-state index in [1.807, 2.05) is 18.2 Å². The molecule has 2 aromatic rings. The van der Waals surface area contributed by atoms with Crippen molar-refractivity contribution in [2.24, 2.45) is 5.10 Å². The van der Waals surface area contributed by atoms with Crippen molar-refractivity contribution in [3.63, 3.8) is 0 Å². The number of hydrazone groups is 1. The third kappa shape index (κ3) is 4.49. The van der Waals surface area contributed by atoms with Crippen molar-refractivity contribution in [3.8, 4) is 11.5 Å². The summed E-state index contributed by atoms with van der Waals surface area (Å²) < 4.78 is 11.4. The van der Waals surface area contributed by atoms with Crippen LogP contribution >= 0.6 is 0 Å². The van der Waals surface area contributed by atoms with E-state index in [1.54, 1.807) is 12.1 Å². The second kappa shape index (κ2) is 7.72. The third-order valence-electron chi connectivity index (χ3n) is 4.31. The van der Waals surface area contributed by atoms with Gasteiger partial charge in [0, 0.05) is 0 Å². The topological polar surface area (TPSA) is 97.2 Å². The SMILES string of the molecule is CC(C)(C)c1ccc2c(c1)O[C@@H](C(=O)N/N=C/c1ccc(C(=O)O)cc1)CO2. The number of carboxylic acid groups (broad SMARTS) is 1. The number of ether oxygens (including phenoxy) is 2. The minimum Gasteiger partial charge on any atom is -0.485 e. The lowest BCUT2D eigenvalue weighted by molar-refractivity contribution is -0.130. The third-order valence-corrected chi connectivity index (χ3v) is 4.31. The molecule has 2 N–H and O–H groups in total. The van der Waals surface area contributed by atoms with Crippen LogP contribution in [0.4, 0.5) is 0 Å². The van der Waals surface area contributed by atoms with E-state index in [9.17, 15) is 9.59 Å². The average molecular weight is 382 g/mol. The van der Waals surface area contributed by atoms with Gasteiger partial charge in [0.15, 0.2) is 11.5 Å². The van der Waals surface area contributed by atoms with Crippen LogP contribution in [0, 0.1) is 0 Å². The Hall–Kier alpha value is -3.35. The summed E-state index contributed by atoms with van der Waals surface area (Å²) in [4.78, 5) is 23.2. The summed E-state index contributed by atoms with van der Waals surface area (Å²) in [5.41, 5.74) is 4.30. The summed E-state index contributed by atoms with van der Waals surface area (Å²) in [6.07, 6.45) is 0.619. The Labute approximate surface area is 163 Å². The number of hydrogen-bond donors (Lipinski definition) is 2. The summed E-state index contributed by atoms with van der Waals surface area (Å²) in [7, 11) is 0. The van der Waals surface area contributed by atoms with Crippen molar-refractivity contribution in [1.29, 1.82) is 0 Å². The molecule has 1 aliphatic rings. The lowest BCUT2D eigenvalue weighted by Gasteiger charge is -2.27. The highest BCUT2D eigenvalue weighted by molar-refractivity contribution is 5.89. The summed E-state index contributed by atoms with van der Waals surface area (Å²) in [6, 6.07) is 11.9. The Morgan fingerprint density at radius 1 is 1.14 bits per heavy atom. The van der Waals surface area contributed by atoms with Crippen molar-refractivity contribution in [2.75, 3.05) is 6.61 Å². The van der Waals surface area contributed by atoms with Gasteiger partial charge in [-0.15, -0.1) is 0 Å². The summed E-state index contributed by atoms with van der Waals surface area (Å²) in [6.45, 7) is 6.39. The molecule has 146 valence electrons. The standard InChI is InChI=1S/C21H22N2O5/c1-21(2,3)15-8-9-16-17(10-15)28-18(12-27-16)19(24)23-22-11-13-4-6-14(7-5-13)20(25)26/h4-11,18H,12H2,1-3H3,(H,23,24)(H,25,26)/b22-11+/t18-/m1/s1. The summed E-state index contributed by atoms with van der Waals surface area (Å²) >= 11 is 0. The first-order chi connectivity index (χ1) is 13.2. The molecular weight excluding hydrogens is 360 g/mol. The minimum absolute atomic E-state index is 0.0475. The van der Waals surface area contributed by atoms with Gasteiger partial charge in [-0.2, -0.15) is 5.10 Å². The van der Waals surface area contributed by atoms with E-state index < -0.39 is 18.0 Å². The van der Waals surface area contributed by atoms with Gasteiger partial charge in [-0.05, 0) is 40.8 Å². The molecule has 0 spiro atoms. The van der Waals surface area contributed by atoms with Crippen molar-refractivity contribution in [3.05, 3.63) is 59.2 Å². The normalized spacial score (nSPS) is 16.0. The zero-order valence-electron chi connectivity index (χ0n) is 15.9. The van der Waals surface area contributed by atoms with Gasteiger partial charge >= 0.3 is 5.97 Å². The van der Waals surface area contributed by atoms with Crippen LogP contribution in [-0.2, 0) is 10.2 Å². The van der Waals surface area contributed by atoms with Gasteiger partial charge in [-0.3, -0.25) is 4.79 Å². The van der Waals surface area contributed by atoms with E-state index in [2.05, 4.69) is 31.3 Å². The molecule has 1 atom stereocenters. The lowest BCUT2D eigenvalue weighted by atomic mass is 9.87. The van der Waals surface area contributed by atoms with E-state index in [0.717, 1.165) is 5.56 Å². The monoisotopic (exact) mass is 382 g/mol. The van der Waals surface area contributed by atoms with E-state index in [0.29, 0.717) is 17.1 Å². The van der Waals surface area contributed by atoms with Gasteiger partial charge in [0.05, 0.1) is 11.8 Å². The van der Waals surface area contributed by atoms with Crippen LogP contribution in [0.25, 0.3) is 0 Å². The Bertz CT molecular complexity index is 913. The smallest absolute Gasteiger partial charge is 0.335 e. The molecule has 1 aliphatic heterocycles. The van der Waals surface area contributed by atoms with Gasteiger partial charge in [-0.1, -0.05) is 39.0 Å². The Morgan fingerprint density at radius 2 is 1.86 bits per heavy atom. The molecule has 0 unspecified atom stereocenters. The first-order valence-electron chi connectivity index (χ1n) is 8.84. The molecule has 0 radical (unpaired) electrons. The Morgan fingerprint density at radius 3 is 2.50 bits per heavy atom. The van der Waals surface area contributed by atoms with E-state index in [1.165, 1.54) is 18.3 Å². The van der Waals surface area contributed by atoms with Gasteiger partial charge in [-0.25, -0.2) is 10.2 Å². The van der Waals surface area contributed by atoms with Crippen molar-refractivity contribution >= 4 is 18.1 Å². The maximum atomic E-state index is 12.3. The number of carbonyl (C=O) groups excluding carboxylic acids is 1. The Balaban J connectivity index is 1.62. The molecule has 0 saturated carbocycles.